The summed E-state index contributed by atoms with van der Waals surface area (Å²) in [5, 5.41) is 0.267. The number of carbonyl (C=O) groups excluding carboxylic acids is 1. The average molecular weight is 240 g/mol. The molecule has 1 fully saturated rings. The molecule has 5 heteroatoms. The SMILES string of the molecule is NC[C@@H]1CCN(C(=O)c2cccnc2Cl)C1. The van der Waals surface area contributed by atoms with Gasteiger partial charge >= 0.3 is 0 Å². The molecule has 1 aliphatic rings. The summed E-state index contributed by atoms with van der Waals surface area (Å²) in [6.07, 6.45) is 2.55. The van der Waals surface area contributed by atoms with Crippen molar-refractivity contribution in [2.24, 2.45) is 11.7 Å². The second-order valence-electron chi connectivity index (χ2n) is 3.98. The number of nitrogens with two attached hydrogens (primary N) is 1. The molecule has 0 spiro atoms. The first-order valence-corrected chi connectivity index (χ1v) is 5.70. The molecule has 0 unspecified atom stereocenters. The molecular formula is C11H14ClN3O. The molecule has 0 saturated carbocycles. The van der Waals surface area contributed by atoms with E-state index in [9.17, 15) is 4.79 Å². The van der Waals surface area contributed by atoms with Gasteiger partial charge < -0.3 is 10.6 Å². The minimum absolute atomic E-state index is 0.0472. The van der Waals surface area contributed by atoms with Gasteiger partial charge in [-0.05, 0) is 31.0 Å². The number of nitrogens with zero attached hydrogens (tertiary/aromatic N) is 2. The molecule has 1 amide bonds. The van der Waals surface area contributed by atoms with Crippen molar-refractivity contribution in [1.82, 2.24) is 9.88 Å². The number of hydrogen-bond acceptors (Lipinski definition) is 3. The topological polar surface area (TPSA) is 59.2 Å². The lowest BCUT2D eigenvalue weighted by Gasteiger charge is -2.16. The fourth-order valence-electron chi connectivity index (χ4n) is 1.93. The maximum Gasteiger partial charge on any atom is 0.256 e. The molecule has 1 aromatic rings. The summed E-state index contributed by atoms with van der Waals surface area (Å²) in [7, 11) is 0. The second-order valence-corrected chi connectivity index (χ2v) is 4.34. The lowest BCUT2D eigenvalue weighted by atomic mass is 10.1. The first-order chi connectivity index (χ1) is 7.72. The van der Waals surface area contributed by atoms with Crippen LogP contribution in [-0.2, 0) is 0 Å². The minimum Gasteiger partial charge on any atom is -0.338 e. The first kappa shape index (κ1) is 11.4. The summed E-state index contributed by atoms with van der Waals surface area (Å²) in [4.78, 5) is 17.8. The van der Waals surface area contributed by atoms with E-state index in [1.54, 1.807) is 23.2 Å². The van der Waals surface area contributed by atoms with Gasteiger partial charge in [0.05, 0.1) is 5.56 Å². The largest absolute Gasteiger partial charge is 0.338 e. The van der Waals surface area contributed by atoms with E-state index in [-0.39, 0.29) is 11.1 Å². The molecule has 1 aromatic heterocycles. The van der Waals surface area contributed by atoms with Crippen molar-refractivity contribution in [2.75, 3.05) is 19.6 Å². The van der Waals surface area contributed by atoms with Crippen LogP contribution in [0.5, 0.6) is 0 Å². The van der Waals surface area contributed by atoms with E-state index < -0.39 is 0 Å². The van der Waals surface area contributed by atoms with Crippen LogP contribution in [0.3, 0.4) is 0 Å². The van der Waals surface area contributed by atoms with Crippen molar-refractivity contribution in [3.05, 3.63) is 29.0 Å². The highest BCUT2D eigenvalue weighted by atomic mass is 35.5. The molecule has 0 bridgehead atoms. The lowest BCUT2D eigenvalue weighted by molar-refractivity contribution is 0.0787. The number of rotatable bonds is 2. The fourth-order valence-corrected chi connectivity index (χ4v) is 2.13. The summed E-state index contributed by atoms with van der Waals surface area (Å²) >= 11 is 5.88. The fraction of sp³-hybridized carbons (Fsp3) is 0.455. The van der Waals surface area contributed by atoms with Crippen molar-refractivity contribution in [3.8, 4) is 0 Å². The number of pyridine rings is 1. The molecule has 4 nitrogen and oxygen atoms in total. The molecule has 0 aliphatic carbocycles. The first-order valence-electron chi connectivity index (χ1n) is 5.32. The summed E-state index contributed by atoms with van der Waals surface area (Å²) in [6.45, 7) is 2.11. The molecular weight excluding hydrogens is 226 g/mol. The van der Waals surface area contributed by atoms with Crippen LogP contribution < -0.4 is 5.73 Å². The Morgan fingerprint density at radius 3 is 3.12 bits per heavy atom. The number of amides is 1. The third-order valence-electron chi connectivity index (χ3n) is 2.90. The van der Waals surface area contributed by atoms with Crippen LogP contribution in [0.15, 0.2) is 18.3 Å². The number of aromatic nitrogens is 1. The van der Waals surface area contributed by atoms with Crippen LogP contribution in [0.25, 0.3) is 0 Å². The predicted octanol–water partition coefficient (Wildman–Crippen LogP) is 1.16. The Morgan fingerprint density at radius 1 is 1.69 bits per heavy atom. The lowest BCUT2D eigenvalue weighted by Crippen LogP contribution is -2.30. The molecule has 2 rings (SSSR count). The molecule has 1 atom stereocenters. The molecule has 86 valence electrons. The zero-order valence-electron chi connectivity index (χ0n) is 8.90. The quantitative estimate of drug-likeness (QED) is 0.788. The van der Waals surface area contributed by atoms with Gasteiger partial charge in [0.15, 0.2) is 0 Å². The van der Waals surface area contributed by atoms with Gasteiger partial charge in [0.25, 0.3) is 5.91 Å². The zero-order valence-corrected chi connectivity index (χ0v) is 9.65. The Balaban J connectivity index is 2.12. The van der Waals surface area contributed by atoms with Crippen molar-refractivity contribution >= 4 is 17.5 Å². The molecule has 1 aliphatic heterocycles. The van der Waals surface area contributed by atoms with Crippen LogP contribution in [0, 0.1) is 5.92 Å². The smallest absolute Gasteiger partial charge is 0.256 e. The standard InChI is InChI=1S/C11H14ClN3O/c12-10-9(2-1-4-14-10)11(16)15-5-3-8(6-13)7-15/h1-2,4,8H,3,5-7,13H2/t8-/m0/s1. The van der Waals surface area contributed by atoms with Crippen LogP contribution >= 0.6 is 11.6 Å². The summed E-state index contributed by atoms with van der Waals surface area (Å²) in [5.74, 6) is 0.369. The third-order valence-corrected chi connectivity index (χ3v) is 3.20. The molecule has 16 heavy (non-hydrogen) atoms. The van der Waals surface area contributed by atoms with Gasteiger partial charge in [-0.3, -0.25) is 4.79 Å². The van der Waals surface area contributed by atoms with E-state index in [1.165, 1.54) is 0 Å². The predicted molar refractivity (Wildman–Crippen MR) is 62.3 cm³/mol. The van der Waals surface area contributed by atoms with Crippen LogP contribution in [-0.4, -0.2) is 35.4 Å². The maximum atomic E-state index is 12.1. The Kier molecular flexibility index (Phi) is 3.41. The van der Waals surface area contributed by atoms with E-state index in [0.717, 1.165) is 19.5 Å². The number of halogens is 1. The van der Waals surface area contributed by atoms with Gasteiger partial charge in [0.2, 0.25) is 0 Å². The minimum atomic E-state index is -0.0472. The Morgan fingerprint density at radius 2 is 2.50 bits per heavy atom. The van der Waals surface area contributed by atoms with Gasteiger partial charge in [-0.25, -0.2) is 4.98 Å². The van der Waals surface area contributed by atoms with Crippen molar-refractivity contribution in [3.63, 3.8) is 0 Å². The Hall–Kier alpha value is -1.13. The third kappa shape index (κ3) is 2.18. The highest BCUT2D eigenvalue weighted by Crippen LogP contribution is 2.20. The van der Waals surface area contributed by atoms with E-state index in [2.05, 4.69) is 4.98 Å². The molecule has 1 saturated heterocycles. The van der Waals surface area contributed by atoms with E-state index in [0.29, 0.717) is 18.0 Å². The Bertz CT molecular complexity index is 397. The number of carbonyl (C=O) groups is 1. The van der Waals surface area contributed by atoms with Gasteiger partial charge in [0.1, 0.15) is 5.15 Å². The second kappa shape index (κ2) is 4.80. The van der Waals surface area contributed by atoms with Gasteiger partial charge in [-0.1, -0.05) is 11.6 Å². The summed E-state index contributed by atoms with van der Waals surface area (Å²) < 4.78 is 0. The highest BCUT2D eigenvalue weighted by molar-refractivity contribution is 6.32. The number of hydrogen-bond donors (Lipinski definition) is 1. The van der Waals surface area contributed by atoms with E-state index >= 15 is 0 Å². The Labute approximate surface area is 99.4 Å². The maximum absolute atomic E-state index is 12.1. The van der Waals surface area contributed by atoms with Crippen molar-refractivity contribution in [1.29, 1.82) is 0 Å². The van der Waals surface area contributed by atoms with E-state index in [4.69, 9.17) is 17.3 Å². The van der Waals surface area contributed by atoms with Crippen LogP contribution in [0.1, 0.15) is 16.8 Å². The summed E-state index contributed by atoms with van der Waals surface area (Å²) in [5.41, 5.74) is 6.06. The van der Waals surface area contributed by atoms with Crippen molar-refractivity contribution in [2.45, 2.75) is 6.42 Å². The summed E-state index contributed by atoms with van der Waals surface area (Å²) in [6, 6.07) is 3.42. The van der Waals surface area contributed by atoms with Gasteiger partial charge in [-0.15, -0.1) is 0 Å². The molecule has 0 radical (unpaired) electrons. The van der Waals surface area contributed by atoms with Gasteiger partial charge in [0, 0.05) is 19.3 Å². The number of likely N-dealkylation sites (tertiary alicyclic amines) is 1. The average Bonchev–Trinajstić information content (AvgIpc) is 2.77. The molecule has 2 N–H and O–H groups in total. The van der Waals surface area contributed by atoms with Crippen LogP contribution in [0.2, 0.25) is 5.15 Å². The van der Waals surface area contributed by atoms with E-state index in [1.807, 2.05) is 0 Å². The van der Waals surface area contributed by atoms with Gasteiger partial charge in [-0.2, -0.15) is 0 Å². The van der Waals surface area contributed by atoms with Crippen molar-refractivity contribution < 1.29 is 4.79 Å². The zero-order chi connectivity index (χ0) is 11.5. The monoisotopic (exact) mass is 239 g/mol. The normalized spacial score (nSPS) is 20.1. The molecule has 2 heterocycles. The highest BCUT2D eigenvalue weighted by Gasteiger charge is 2.27. The van der Waals surface area contributed by atoms with Crippen LogP contribution in [0.4, 0.5) is 0 Å². The molecule has 0 aromatic carbocycles.